The van der Waals surface area contributed by atoms with Crippen LogP contribution in [-0.2, 0) is 0 Å². The maximum absolute atomic E-state index is 8.25. The average Bonchev–Trinajstić information content (AvgIpc) is 2.08. The van der Waals surface area contributed by atoms with Crippen molar-refractivity contribution in [1.29, 1.82) is 0 Å². The molecule has 0 spiro atoms. The van der Waals surface area contributed by atoms with Crippen LogP contribution in [-0.4, -0.2) is 35.3 Å². The van der Waals surface area contributed by atoms with Gasteiger partial charge in [0, 0.05) is 0 Å². The molecule has 10 nitrogen and oxygen atoms in total. The van der Waals surface area contributed by atoms with E-state index in [1.807, 2.05) is 0 Å². The van der Waals surface area contributed by atoms with Gasteiger partial charge in [-0.2, -0.15) is 0 Å². The van der Waals surface area contributed by atoms with Crippen molar-refractivity contribution in [3.8, 4) is 0 Å². The first-order valence-electron chi connectivity index (χ1n) is 4.55. The molecule has 0 saturated carbocycles. The van der Waals surface area contributed by atoms with E-state index in [9.17, 15) is 0 Å². The Morgan fingerprint density at radius 1 is 0.875 bits per heavy atom. The summed E-state index contributed by atoms with van der Waals surface area (Å²) in [5.41, 5.74) is 0. The first-order chi connectivity index (χ1) is 7.25. The van der Waals surface area contributed by atoms with Crippen molar-refractivity contribution < 1.29 is 20.8 Å². The van der Waals surface area contributed by atoms with Gasteiger partial charge in [0.1, 0.15) is 25.2 Å². The first kappa shape index (κ1) is 16.7. The zero-order valence-corrected chi connectivity index (χ0v) is 9.07. The van der Waals surface area contributed by atoms with E-state index in [2.05, 4.69) is 24.5 Å². The van der Waals surface area contributed by atoms with Gasteiger partial charge in [-0.25, -0.2) is 0 Å². The van der Waals surface area contributed by atoms with Crippen LogP contribution in [0.25, 0.3) is 0 Å². The third kappa shape index (κ3) is 22.8. The normalized spacial score (nSPS) is 22.9. The van der Waals surface area contributed by atoms with Crippen LogP contribution in [0.15, 0.2) is 0 Å². The lowest BCUT2D eigenvalue weighted by Crippen LogP contribution is -3.10. The van der Waals surface area contributed by atoms with Gasteiger partial charge in [-0.15, -0.1) is 0 Å². The Morgan fingerprint density at radius 2 is 1.06 bits per heavy atom. The maximum atomic E-state index is 8.25. The molecule has 0 aliphatic carbocycles. The third-order valence-corrected chi connectivity index (χ3v) is 1.82. The van der Waals surface area contributed by atoms with Crippen molar-refractivity contribution >= 4 is 0 Å². The molecule has 0 aromatic rings. The number of rotatable bonds is 0. The van der Waals surface area contributed by atoms with E-state index in [0.29, 0.717) is 0 Å². The van der Waals surface area contributed by atoms with Crippen LogP contribution in [0.3, 0.4) is 0 Å². The van der Waals surface area contributed by atoms with E-state index < -0.39 is 10.2 Å². The number of quaternary nitrogens is 2. The monoisotopic (exact) mass is 240 g/mol. The molecule has 0 unspecified atom stereocenters. The summed E-state index contributed by atoms with van der Waals surface area (Å²) in [6.45, 7) is 7.15. The predicted molar refractivity (Wildman–Crippen MR) is 53.2 cm³/mol. The van der Waals surface area contributed by atoms with Gasteiger partial charge in [0.15, 0.2) is 0 Å². The van der Waals surface area contributed by atoms with E-state index >= 15 is 0 Å². The van der Waals surface area contributed by atoms with E-state index in [0.717, 1.165) is 12.1 Å². The second-order valence-corrected chi connectivity index (χ2v) is 3.34. The number of hydrogen-bond acceptors (Lipinski definition) is 6. The van der Waals surface area contributed by atoms with Gasteiger partial charge in [0.05, 0.1) is 10.2 Å². The highest BCUT2D eigenvalue weighted by molar-refractivity contribution is 4.47. The molecule has 1 saturated heterocycles. The summed E-state index contributed by atoms with van der Waals surface area (Å²) in [6.07, 6.45) is 0. The smallest absolute Gasteiger partial charge is 0.133 e. The highest BCUT2D eigenvalue weighted by atomic mass is 16.9. The minimum Gasteiger partial charge on any atom is -0.356 e. The number of nitrogens with zero attached hydrogens (tertiary/aromatic N) is 2. The van der Waals surface area contributed by atoms with Gasteiger partial charge in [-0.1, -0.05) is 0 Å². The Labute approximate surface area is 91.5 Å². The van der Waals surface area contributed by atoms with Crippen LogP contribution in [0.5, 0.6) is 0 Å². The lowest BCUT2D eigenvalue weighted by atomic mass is 10.2. The fourth-order valence-corrected chi connectivity index (χ4v) is 1.09. The Balaban J connectivity index is 0. The minimum absolute atomic E-state index is 0.839. The van der Waals surface area contributed by atoms with Crippen molar-refractivity contribution in [2.24, 2.45) is 0 Å². The highest BCUT2D eigenvalue weighted by Gasteiger charge is 2.18. The second kappa shape index (κ2) is 9.86. The molecule has 10 heteroatoms. The van der Waals surface area contributed by atoms with Gasteiger partial charge in [0.25, 0.3) is 0 Å². The largest absolute Gasteiger partial charge is 0.356 e. The molecule has 16 heavy (non-hydrogen) atoms. The number of hydrogen-bond donors (Lipinski definition) is 2. The first-order valence-corrected chi connectivity index (χ1v) is 4.55. The van der Waals surface area contributed by atoms with Gasteiger partial charge in [-0.3, -0.25) is 0 Å². The molecule has 0 bridgehead atoms. The summed E-state index contributed by atoms with van der Waals surface area (Å²) in [6, 6.07) is 1.68. The van der Waals surface area contributed by atoms with Crippen LogP contribution < -0.4 is 10.6 Å². The van der Waals surface area contributed by atoms with E-state index in [1.165, 1.54) is 13.1 Å². The van der Waals surface area contributed by atoms with Gasteiger partial charge >= 0.3 is 0 Å². The number of piperazine rings is 1. The average molecular weight is 240 g/mol. The Kier molecular flexibility index (Phi) is 10.3. The van der Waals surface area contributed by atoms with Gasteiger partial charge in [0.2, 0.25) is 0 Å². The topological polar surface area (TPSA) is 166 Å². The number of nitrogens with two attached hydrogens (primary N) is 2. The molecule has 0 amide bonds. The maximum Gasteiger partial charge on any atom is 0.133 e. The summed E-state index contributed by atoms with van der Waals surface area (Å²) in [7, 11) is 0. The van der Waals surface area contributed by atoms with E-state index in [4.69, 9.17) is 30.6 Å². The molecule has 96 valence electrons. The summed E-state index contributed by atoms with van der Waals surface area (Å²) in [5.74, 6) is 0. The molecule has 0 radical (unpaired) electrons. The van der Waals surface area contributed by atoms with Crippen LogP contribution in [0.4, 0.5) is 0 Å². The Morgan fingerprint density at radius 3 is 1.19 bits per heavy atom. The summed E-state index contributed by atoms with van der Waals surface area (Å²) in [4.78, 5) is 16.5. The van der Waals surface area contributed by atoms with Crippen LogP contribution in [0, 0.1) is 30.6 Å². The molecule has 2 atom stereocenters. The van der Waals surface area contributed by atoms with Gasteiger partial charge in [-0.05, 0) is 13.8 Å². The van der Waals surface area contributed by atoms with Crippen molar-refractivity contribution in [2.45, 2.75) is 25.9 Å². The van der Waals surface area contributed by atoms with Crippen LogP contribution in [0.1, 0.15) is 13.8 Å². The molecule has 0 aromatic carbocycles. The standard InChI is InChI=1S/C6H14N2.2NO3/c1-5-3-8-6(2)4-7-5;2*2-1(3)4/h5-8H,3-4H2,1-2H3;;/q;2*-1/p+2/t5-,6+;;. The molecule has 4 N–H and O–H groups in total. The predicted octanol–water partition coefficient (Wildman–Crippen LogP) is -2.57. The summed E-state index contributed by atoms with van der Waals surface area (Å²) < 4.78 is 0. The molecule has 1 aliphatic heterocycles. The van der Waals surface area contributed by atoms with Crippen LogP contribution >= 0.6 is 0 Å². The zero-order valence-electron chi connectivity index (χ0n) is 9.07. The van der Waals surface area contributed by atoms with Crippen molar-refractivity contribution in [1.82, 2.24) is 0 Å². The highest BCUT2D eigenvalue weighted by Crippen LogP contribution is 1.71. The van der Waals surface area contributed by atoms with Crippen molar-refractivity contribution in [3.05, 3.63) is 30.6 Å². The third-order valence-electron chi connectivity index (χ3n) is 1.82. The van der Waals surface area contributed by atoms with Gasteiger partial charge < -0.3 is 41.3 Å². The minimum atomic E-state index is -1.75. The lowest BCUT2D eigenvalue weighted by Gasteiger charge is -2.19. The molecule has 1 aliphatic rings. The molecule has 0 aromatic heterocycles. The Bertz CT molecular complexity index is 175. The molecule has 1 fully saturated rings. The fraction of sp³-hybridized carbons (Fsp3) is 1.00. The zero-order chi connectivity index (χ0) is 13.1. The van der Waals surface area contributed by atoms with Crippen LogP contribution in [0.2, 0.25) is 0 Å². The Hall–Kier alpha value is -1.68. The summed E-state index contributed by atoms with van der Waals surface area (Å²) >= 11 is 0. The fourth-order valence-electron chi connectivity index (χ4n) is 1.09. The van der Waals surface area contributed by atoms with E-state index in [-0.39, 0.29) is 0 Å². The molecule has 1 heterocycles. The van der Waals surface area contributed by atoms with E-state index in [1.54, 1.807) is 0 Å². The molecular formula is C6H16N4O6. The molecular weight excluding hydrogens is 224 g/mol. The SMILES string of the molecule is C[C@@H]1C[NH2+][C@@H](C)C[NH2+]1.O=[N+]([O-])[O-].O=[N+]([O-])[O-]. The van der Waals surface area contributed by atoms with Crippen molar-refractivity contribution in [3.63, 3.8) is 0 Å². The quantitative estimate of drug-likeness (QED) is 0.348. The summed E-state index contributed by atoms with van der Waals surface area (Å²) in [5, 5.41) is 34.3. The lowest BCUT2D eigenvalue weighted by molar-refractivity contribution is -0.828. The van der Waals surface area contributed by atoms with Crippen molar-refractivity contribution in [2.75, 3.05) is 13.1 Å². The molecule has 1 rings (SSSR count). The second-order valence-electron chi connectivity index (χ2n) is 3.34.